The van der Waals surface area contributed by atoms with Crippen LogP contribution in [0.5, 0.6) is 0 Å². The van der Waals surface area contributed by atoms with Gasteiger partial charge in [-0.3, -0.25) is 4.79 Å². The van der Waals surface area contributed by atoms with Crippen LogP contribution in [0.4, 0.5) is 0 Å². The van der Waals surface area contributed by atoms with Gasteiger partial charge in [0.05, 0.1) is 11.5 Å². The summed E-state index contributed by atoms with van der Waals surface area (Å²) >= 11 is 0. The van der Waals surface area contributed by atoms with Crippen molar-refractivity contribution in [3.05, 3.63) is 0 Å². The maximum atomic E-state index is 11.7. The molecule has 0 bridgehead atoms. The number of sulfone groups is 1. The van der Waals surface area contributed by atoms with Crippen LogP contribution in [0.1, 0.15) is 33.1 Å². The summed E-state index contributed by atoms with van der Waals surface area (Å²) in [6.45, 7) is 4.50. The molecule has 0 radical (unpaired) electrons. The highest BCUT2D eigenvalue weighted by molar-refractivity contribution is 7.91. The van der Waals surface area contributed by atoms with Crippen LogP contribution in [0.2, 0.25) is 0 Å². The summed E-state index contributed by atoms with van der Waals surface area (Å²) in [5.41, 5.74) is 0. The number of amides is 1. The molecule has 0 aromatic carbocycles. The van der Waals surface area contributed by atoms with Crippen molar-refractivity contribution >= 4 is 15.7 Å². The Labute approximate surface area is 103 Å². The highest BCUT2D eigenvalue weighted by Crippen LogP contribution is 2.06. The number of rotatable bonds is 5. The minimum atomic E-state index is -2.96. The van der Waals surface area contributed by atoms with Gasteiger partial charge in [0.25, 0.3) is 0 Å². The van der Waals surface area contributed by atoms with Crippen molar-refractivity contribution in [3.8, 4) is 0 Å². The van der Waals surface area contributed by atoms with Gasteiger partial charge >= 0.3 is 0 Å². The van der Waals surface area contributed by atoms with E-state index < -0.39 is 9.84 Å². The molecule has 1 amide bonds. The van der Waals surface area contributed by atoms with Gasteiger partial charge in [0.2, 0.25) is 5.91 Å². The van der Waals surface area contributed by atoms with Gasteiger partial charge in [-0.1, -0.05) is 13.8 Å². The first-order valence-corrected chi connectivity index (χ1v) is 8.02. The zero-order valence-electron chi connectivity index (χ0n) is 10.5. The Kier molecular flexibility index (Phi) is 5.39. The van der Waals surface area contributed by atoms with E-state index in [0.717, 1.165) is 12.8 Å². The van der Waals surface area contributed by atoms with Crippen molar-refractivity contribution in [2.24, 2.45) is 0 Å². The summed E-state index contributed by atoms with van der Waals surface area (Å²) in [5, 5.41) is 5.99. The Morgan fingerprint density at radius 1 is 1.41 bits per heavy atom. The van der Waals surface area contributed by atoms with Crippen LogP contribution in [0.3, 0.4) is 0 Å². The van der Waals surface area contributed by atoms with Crippen LogP contribution < -0.4 is 10.6 Å². The molecule has 1 unspecified atom stereocenters. The molecule has 17 heavy (non-hydrogen) atoms. The third kappa shape index (κ3) is 5.04. The van der Waals surface area contributed by atoms with E-state index in [1.54, 1.807) is 0 Å². The zero-order valence-corrected chi connectivity index (χ0v) is 11.3. The van der Waals surface area contributed by atoms with Gasteiger partial charge in [-0.15, -0.1) is 0 Å². The molecule has 1 heterocycles. The average Bonchev–Trinajstić information content (AvgIpc) is 2.24. The van der Waals surface area contributed by atoms with Crippen molar-refractivity contribution in [1.29, 1.82) is 0 Å². The zero-order chi connectivity index (χ0) is 12.9. The SMILES string of the molecule is CCC(CC)NC(=O)CC1CS(=O)(=O)CCN1. The van der Waals surface area contributed by atoms with E-state index in [1.807, 2.05) is 13.8 Å². The van der Waals surface area contributed by atoms with Gasteiger partial charge < -0.3 is 10.6 Å². The van der Waals surface area contributed by atoms with Gasteiger partial charge in [-0.05, 0) is 12.8 Å². The molecule has 1 fully saturated rings. The van der Waals surface area contributed by atoms with E-state index in [9.17, 15) is 13.2 Å². The molecule has 1 atom stereocenters. The lowest BCUT2D eigenvalue weighted by Crippen LogP contribution is -2.48. The maximum absolute atomic E-state index is 11.7. The summed E-state index contributed by atoms with van der Waals surface area (Å²) in [5.74, 6) is 0.189. The van der Waals surface area contributed by atoms with Crippen molar-refractivity contribution in [2.75, 3.05) is 18.1 Å². The second-order valence-corrected chi connectivity index (χ2v) is 6.78. The second-order valence-electron chi connectivity index (χ2n) is 4.55. The molecule has 100 valence electrons. The Bertz CT molecular complexity index is 350. The predicted octanol–water partition coefficient (Wildman–Crippen LogP) is 0.0679. The second kappa shape index (κ2) is 6.35. The molecular weight excluding hydrogens is 240 g/mol. The van der Waals surface area contributed by atoms with Gasteiger partial charge in [-0.25, -0.2) is 8.42 Å². The summed E-state index contributed by atoms with van der Waals surface area (Å²) < 4.78 is 22.8. The Morgan fingerprint density at radius 2 is 2.06 bits per heavy atom. The molecule has 2 N–H and O–H groups in total. The number of carbonyl (C=O) groups is 1. The molecule has 5 nitrogen and oxygen atoms in total. The third-order valence-electron chi connectivity index (χ3n) is 3.08. The predicted molar refractivity (Wildman–Crippen MR) is 67.6 cm³/mol. The largest absolute Gasteiger partial charge is 0.353 e. The third-order valence-corrected chi connectivity index (χ3v) is 4.82. The first kappa shape index (κ1) is 14.4. The molecule has 1 rings (SSSR count). The van der Waals surface area contributed by atoms with E-state index in [-0.39, 0.29) is 35.9 Å². The number of nitrogens with one attached hydrogen (secondary N) is 2. The summed E-state index contributed by atoms with van der Waals surface area (Å²) in [6, 6.07) is -0.0363. The molecule has 0 aliphatic carbocycles. The van der Waals surface area contributed by atoms with Crippen LogP contribution in [-0.2, 0) is 14.6 Å². The van der Waals surface area contributed by atoms with E-state index in [2.05, 4.69) is 10.6 Å². The fraction of sp³-hybridized carbons (Fsp3) is 0.909. The van der Waals surface area contributed by atoms with Crippen LogP contribution in [0, 0.1) is 0 Å². The van der Waals surface area contributed by atoms with Crippen LogP contribution in [0.25, 0.3) is 0 Å². The van der Waals surface area contributed by atoms with Crippen molar-refractivity contribution in [2.45, 2.75) is 45.2 Å². The number of carbonyl (C=O) groups excluding carboxylic acids is 1. The molecule has 0 aromatic heterocycles. The standard InChI is InChI=1S/C11H22N2O3S/c1-3-9(4-2)13-11(14)7-10-8-17(15,16)6-5-12-10/h9-10,12H,3-8H2,1-2H3,(H,13,14). The molecule has 1 aliphatic heterocycles. The number of hydrogen-bond acceptors (Lipinski definition) is 4. The Balaban J connectivity index is 2.40. The molecule has 1 saturated heterocycles. The highest BCUT2D eigenvalue weighted by atomic mass is 32.2. The highest BCUT2D eigenvalue weighted by Gasteiger charge is 2.26. The lowest BCUT2D eigenvalue weighted by atomic mass is 10.1. The maximum Gasteiger partial charge on any atom is 0.221 e. The van der Waals surface area contributed by atoms with Gasteiger partial charge in [0.1, 0.15) is 0 Å². The fourth-order valence-corrected chi connectivity index (χ4v) is 3.45. The van der Waals surface area contributed by atoms with E-state index in [4.69, 9.17) is 0 Å². The minimum Gasteiger partial charge on any atom is -0.353 e. The molecule has 0 aromatic rings. The van der Waals surface area contributed by atoms with E-state index in [0.29, 0.717) is 6.54 Å². The first-order valence-electron chi connectivity index (χ1n) is 6.20. The molecule has 0 spiro atoms. The smallest absolute Gasteiger partial charge is 0.221 e. The molecular formula is C11H22N2O3S. The van der Waals surface area contributed by atoms with E-state index in [1.165, 1.54) is 0 Å². The molecule has 6 heteroatoms. The number of hydrogen-bond donors (Lipinski definition) is 2. The van der Waals surface area contributed by atoms with E-state index >= 15 is 0 Å². The topological polar surface area (TPSA) is 75.3 Å². The van der Waals surface area contributed by atoms with Crippen LogP contribution in [0.15, 0.2) is 0 Å². The van der Waals surface area contributed by atoms with Gasteiger partial charge in [-0.2, -0.15) is 0 Å². The van der Waals surface area contributed by atoms with Crippen LogP contribution >= 0.6 is 0 Å². The van der Waals surface area contributed by atoms with Gasteiger partial charge in [0.15, 0.2) is 9.84 Å². The minimum absolute atomic E-state index is 0.0618. The normalized spacial score (nSPS) is 23.6. The Hall–Kier alpha value is -0.620. The Morgan fingerprint density at radius 3 is 2.59 bits per heavy atom. The molecule has 1 aliphatic rings. The summed E-state index contributed by atoms with van der Waals surface area (Å²) in [6.07, 6.45) is 2.05. The van der Waals surface area contributed by atoms with Gasteiger partial charge in [0, 0.05) is 25.0 Å². The van der Waals surface area contributed by atoms with Crippen molar-refractivity contribution < 1.29 is 13.2 Å². The summed E-state index contributed by atoms with van der Waals surface area (Å²) in [7, 11) is -2.96. The monoisotopic (exact) mass is 262 g/mol. The average molecular weight is 262 g/mol. The van der Waals surface area contributed by atoms with Crippen LogP contribution in [-0.4, -0.2) is 44.5 Å². The van der Waals surface area contributed by atoms with Crippen molar-refractivity contribution in [3.63, 3.8) is 0 Å². The summed E-state index contributed by atoms with van der Waals surface area (Å²) in [4.78, 5) is 11.7. The lowest BCUT2D eigenvalue weighted by Gasteiger charge is -2.24. The first-order chi connectivity index (χ1) is 7.96. The molecule has 0 saturated carbocycles. The van der Waals surface area contributed by atoms with Crippen molar-refractivity contribution in [1.82, 2.24) is 10.6 Å². The fourth-order valence-electron chi connectivity index (χ4n) is 2.00. The quantitative estimate of drug-likeness (QED) is 0.735. The lowest BCUT2D eigenvalue weighted by molar-refractivity contribution is -0.122.